The number of anilines is 1. The fraction of sp³-hybridized carbons (Fsp3) is 0.476. The van der Waals surface area contributed by atoms with Crippen molar-refractivity contribution in [1.29, 1.82) is 0 Å². The van der Waals surface area contributed by atoms with Crippen LogP contribution in [0.5, 0.6) is 11.5 Å². The number of amides is 1. The average molecular weight is 423 g/mol. The summed E-state index contributed by atoms with van der Waals surface area (Å²) < 4.78 is 12.6. The summed E-state index contributed by atoms with van der Waals surface area (Å²) in [5, 5.41) is 8.37. The Bertz CT molecular complexity index is 1140. The smallest absolute Gasteiger partial charge is 0.229 e. The predicted molar refractivity (Wildman–Crippen MR) is 113 cm³/mol. The first kappa shape index (κ1) is 19.5. The summed E-state index contributed by atoms with van der Waals surface area (Å²) in [6.07, 6.45) is 2.34. The molecule has 1 amide bonds. The minimum atomic E-state index is -0.0482. The van der Waals surface area contributed by atoms with E-state index in [1.54, 1.807) is 18.9 Å². The van der Waals surface area contributed by atoms with Crippen molar-refractivity contribution in [2.24, 2.45) is 5.92 Å². The Morgan fingerprint density at radius 2 is 1.87 bits per heavy atom. The van der Waals surface area contributed by atoms with Crippen molar-refractivity contribution in [3.63, 3.8) is 0 Å². The molecular formula is C21H25N7O3. The SMILES string of the molecule is CCn1nnc2c(N3CC(C(=O)N4CCc5cc(OC)c(OC)cc5C4)C3)ncnc21. The van der Waals surface area contributed by atoms with E-state index in [1.165, 1.54) is 11.9 Å². The molecule has 3 aromatic rings. The zero-order chi connectivity index (χ0) is 21.5. The Morgan fingerprint density at radius 1 is 1.13 bits per heavy atom. The third kappa shape index (κ3) is 3.22. The summed E-state index contributed by atoms with van der Waals surface area (Å²) in [6.45, 7) is 5.24. The van der Waals surface area contributed by atoms with Gasteiger partial charge in [-0.1, -0.05) is 5.21 Å². The lowest BCUT2D eigenvalue weighted by atomic mass is 9.94. The van der Waals surface area contributed by atoms with Gasteiger partial charge in [0.05, 0.1) is 20.1 Å². The minimum absolute atomic E-state index is 0.0482. The molecule has 31 heavy (non-hydrogen) atoms. The van der Waals surface area contributed by atoms with Gasteiger partial charge in [-0.15, -0.1) is 5.10 Å². The highest BCUT2D eigenvalue weighted by atomic mass is 16.5. The van der Waals surface area contributed by atoms with Gasteiger partial charge in [0.25, 0.3) is 0 Å². The van der Waals surface area contributed by atoms with Crippen molar-refractivity contribution < 1.29 is 14.3 Å². The average Bonchev–Trinajstić information content (AvgIpc) is 3.20. The Labute approximate surface area is 179 Å². The summed E-state index contributed by atoms with van der Waals surface area (Å²) in [5.74, 6) is 2.30. The molecular weight excluding hydrogens is 398 g/mol. The van der Waals surface area contributed by atoms with E-state index in [0.717, 1.165) is 29.2 Å². The summed E-state index contributed by atoms with van der Waals surface area (Å²) in [7, 11) is 3.27. The van der Waals surface area contributed by atoms with Gasteiger partial charge in [-0.2, -0.15) is 0 Å². The van der Waals surface area contributed by atoms with Crippen LogP contribution in [0.4, 0.5) is 5.82 Å². The third-order valence-electron chi connectivity index (χ3n) is 6.14. The zero-order valence-electron chi connectivity index (χ0n) is 17.9. The summed E-state index contributed by atoms with van der Waals surface area (Å²) in [4.78, 5) is 25.8. The lowest BCUT2D eigenvalue weighted by Crippen LogP contribution is -2.55. The van der Waals surface area contributed by atoms with Crippen molar-refractivity contribution in [2.45, 2.75) is 26.4 Å². The van der Waals surface area contributed by atoms with E-state index in [4.69, 9.17) is 9.47 Å². The van der Waals surface area contributed by atoms with E-state index in [9.17, 15) is 4.79 Å². The molecule has 2 aromatic heterocycles. The minimum Gasteiger partial charge on any atom is -0.493 e. The highest BCUT2D eigenvalue weighted by Gasteiger charge is 2.38. The van der Waals surface area contributed by atoms with Gasteiger partial charge in [0.15, 0.2) is 28.5 Å². The third-order valence-corrected chi connectivity index (χ3v) is 6.14. The number of hydrogen-bond acceptors (Lipinski definition) is 8. The molecule has 1 fully saturated rings. The number of rotatable bonds is 5. The number of nitrogens with zero attached hydrogens (tertiary/aromatic N) is 7. The first-order valence-electron chi connectivity index (χ1n) is 10.4. The number of hydrogen-bond donors (Lipinski definition) is 0. The number of aryl methyl sites for hydroxylation is 1. The molecule has 0 spiro atoms. The molecule has 162 valence electrons. The predicted octanol–water partition coefficient (Wildman–Crippen LogP) is 1.28. The normalized spacial score (nSPS) is 16.2. The molecule has 0 radical (unpaired) electrons. The Morgan fingerprint density at radius 3 is 2.58 bits per heavy atom. The Hall–Kier alpha value is -3.43. The first-order valence-corrected chi connectivity index (χ1v) is 10.4. The van der Waals surface area contributed by atoms with E-state index < -0.39 is 0 Å². The highest BCUT2D eigenvalue weighted by Crippen LogP contribution is 2.34. The van der Waals surface area contributed by atoms with Crippen LogP contribution in [0.1, 0.15) is 18.1 Å². The lowest BCUT2D eigenvalue weighted by molar-refractivity contribution is -0.137. The van der Waals surface area contributed by atoms with Gasteiger partial charge in [-0.25, -0.2) is 14.6 Å². The van der Waals surface area contributed by atoms with Crippen LogP contribution in [0.25, 0.3) is 11.2 Å². The molecule has 0 unspecified atom stereocenters. The Balaban J connectivity index is 1.28. The zero-order valence-corrected chi connectivity index (χ0v) is 17.9. The molecule has 10 heteroatoms. The van der Waals surface area contributed by atoms with Crippen molar-refractivity contribution in [1.82, 2.24) is 29.9 Å². The number of fused-ring (bicyclic) bond motifs is 2. The van der Waals surface area contributed by atoms with Gasteiger partial charge in [0.1, 0.15) is 6.33 Å². The number of carbonyl (C=O) groups excluding carboxylic acids is 1. The Kier molecular flexibility index (Phi) is 4.84. The van der Waals surface area contributed by atoms with Gasteiger partial charge in [-0.3, -0.25) is 4.79 Å². The van der Waals surface area contributed by atoms with Crippen LogP contribution in [0.2, 0.25) is 0 Å². The second-order valence-corrected chi connectivity index (χ2v) is 7.86. The van der Waals surface area contributed by atoms with Crippen LogP contribution in [0, 0.1) is 5.92 Å². The molecule has 0 saturated carbocycles. The summed E-state index contributed by atoms with van der Waals surface area (Å²) in [6, 6.07) is 4.00. The van der Waals surface area contributed by atoms with Crippen molar-refractivity contribution >= 4 is 22.9 Å². The maximum Gasteiger partial charge on any atom is 0.229 e. The fourth-order valence-corrected chi connectivity index (χ4v) is 4.36. The van der Waals surface area contributed by atoms with E-state index in [1.807, 2.05) is 24.0 Å². The molecule has 0 aliphatic carbocycles. The number of methoxy groups -OCH3 is 2. The standard InChI is InChI=1S/C21H25N7O3/c1-4-28-20-18(24-25-28)19(22-12-23-20)27-10-15(11-27)21(29)26-6-5-13-7-16(30-2)17(31-3)8-14(13)9-26/h7-8,12,15H,4-6,9-11H2,1-3H3. The molecule has 2 aliphatic rings. The molecule has 0 N–H and O–H groups in total. The number of benzene rings is 1. The van der Waals surface area contributed by atoms with E-state index in [2.05, 4.69) is 25.2 Å². The van der Waals surface area contributed by atoms with Crippen LogP contribution >= 0.6 is 0 Å². The van der Waals surface area contributed by atoms with Gasteiger partial charge in [0, 0.05) is 32.7 Å². The second kappa shape index (κ2) is 7.68. The molecule has 1 aromatic carbocycles. The molecule has 2 aliphatic heterocycles. The first-order chi connectivity index (χ1) is 15.1. The van der Waals surface area contributed by atoms with E-state index in [0.29, 0.717) is 44.0 Å². The van der Waals surface area contributed by atoms with E-state index >= 15 is 0 Å². The van der Waals surface area contributed by atoms with Crippen LogP contribution in [-0.2, 0) is 24.3 Å². The van der Waals surface area contributed by atoms with Crippen LogP contribution in [-0.4, -0.2) is 69.6 Å². The van der Waals surface area contributed by atoms with Crippen molar-refractivity contribution in [3.05, 3.63) is 29.6 Å². The van der Waals surface area contributed by atoms with E-state index in [-0.39, 0.29) is 11.8 Å². The molecule has 0 bridgehead atoms. The van der Waals surface area contributed by atoms with Crippen molar-refractivity contribution in [2.75, 3.05) is 38.8 Å². The van der Waals surface area contributed by atoms with Crippen LogP contribution in [0.3, 0.4) is 0 Å². The van der Waals surface area contributed by atoms with Gasteiger partial charge >= 0.3 is 0 Å². The van der Waals surface area contributed by atoms with Gasteiger partial charge in [-0.05, 0) is 36.6 Å². The monoisotopic (exact) mass is 423 g/mol. The molecule has 4 heterocycles. The van der Waals surface area contributed by atoms with Gasteiger partial charge in [0.2, 0.25) is 5.91 Å². The second-order valence-electron chi connectivity index (χ2n) is 7.86. The number of carbonyl (C=O) groups is 1. The molecule has 10 nitrogen and oxygen atoms in total. The molecule has 5 rings (SSSR count). The number of ether oxygens (including phenoxy) is 2. The van der Waals surface area contributed by atoms with Crippen LogP contribution < -0.4 is 14.4 Å². The van der Waals surface area contributed by atoms with Crippen LogP contribution in [0.15, 0.2) is 18.5 Å². The molecule has 0 atom stereocenters. The quantitative estimate of drug-likeness (QED) is 0.605. The number of aromatic nitrogens is 5. The summed E-state index contributed by atoms with van der Waals surface area (Å²) >= 11 is 0. The maximum absolute atomic E-state index is 13.1. The summed E-state index contributed by atoms with van der Waals surface area (Å²) in [5.41, 5.74) is 3.73. The highest BCUT2D eigenvalue weighted by molar-refractivity contribution is 5.86. The topological polar surface area (TPSA) is 98.5 Å². The van der Waals surface area contributed by atoms with Gasteiger partial charge < -0.3 is 19.3 Å². The maximum atomic E-state index is 13.1. The van der Waals surface area contributed by atoms with Crippen molar-refractivity contribution in [3.8, 4) is 11.5 Å². The lowest BCUT2D eigenvalue weighted by Gasteiger charge is -2.42. The largest absolute Gasteiger partial charge is 0.493 e. The molecule has 1 saturated heterocycles. The fourth-order valence-electron chi connectivity index (χ4n) is 4.36.